The van der Waals surface area contributed by atoms with Crippen LogP contribution in [0.15, 0.2) is 47.0 Å². The highest BCUT2D eigenvalue weighted by atomic mass is 16.3. The van der Waals surface area contributed by atoms with Gasteiger partial charge in [-0.2, -0.15) is 0 Å². The van der Waals surface area contributed by atoms with E-state index in [4.69, 9.17) is 9.90 Å². The van der Waals surface area contributed by atoms with E-state index in [0.29, 0.717) is 22.6 Å². The largest absolute Gasteiger partial charge is 0.437 e. The molecule has 0 saturated carbocycles. The Morgan fingerprint density at radius 1 is 1.09 bits per heavy atom. The number of rotatable bonds is 1. The molecule has 0 amide bonds. The lowest BCUT2D eigenvalue weighted by Gasteiger charge is -2.05. The van der Waals surface area contributed by atoms with E-state index in [1.54, 1.807) is 6.07 Å². The smallest absolute Gasteiger partial charge is 0.227 e. The number of hydrogen-bond acceptors (Lipinski definition) is 3. The fraction of sp³-hybridized carbons (Fsp3) is 0.158. The molecule has 4 aromatic rings. The summed E-state index contributed by atoms with van der Waals surface area (Å²) < 4.78 is 36.5. The molecule has 108 valence electrons. The SMILES string of the molecule is [2H]Cc1cc(-c2cccc3c2oc2nc(C)ccc23)ncc1C([2H])([2H])[2H]. The van der Waals surface area contributed by atoms with E-state index in [0.717, 1.165) is 22.0 Å². The van der Waals surface area contributed by atoms with E-state index in [1.165, 1.54) is 6.20 Å². The maximum absolute atomic E-state index is 7.69. The summed E-state index contributed by atoms with van der Waals surface area (Å²) in [6.45, 7) is -0.502. The Hall–Kier alpha value is -2.68. The number of benzene rings is 1. The number of furan rings is 1. The molecule has 0 unspecified atom stereocenters. The molecular formula is C19H16N2O. The van der Waals surface area contributed by atoms with Crippen LogP contribution in [0.4, 0.5) is 0 Å². The summed E-state index contributed by atoms with van der Waals surface area (Å²) in [4.78, 5) is 8.77. The van der Waals surface area contributed by atoms with Gasteiger partial charge in [0.25, 0.3) is 0 Å². The zero-order valence-corrected chi connectivity index (χ0v) is 12.1. The monoisotopic (exact) mass is 292 g/mol. The summed E-state index contributed by atoms with van der Waals surface area (Å²) in [5.41, 5.74) is 3.99. The summed E-state index contributed by atoms with van der Waals surface area (Å²) in [6, 6.07) is 11.3. The van der Waals surface area contributed by atoms with Gasteiger partial charge < -0.3 is 4.42 Å². The second kappa shape index (κ2) is 4.67. The van der Waals surface area contributed by atoms with Crippen molar-refractivity contribution in [1.82, 2.24) is 9.97 Å². The van der Waals surface area contributed by atoms with Crippen molar-refractivity contribution in [2.24, 2.45) is 0 Å². The number of nitrogens with zero attached hydrogens (tertiary/aromatic N) is 2. The third-order valence-electron chi connectivity index (χ3n) is 3.77. The minimum atomic E-state index is -2.28. The van der Waals surface area contributed by atoms with Crippen molar-refractivity contribution in [3.8, 4) is 11.3 Å². The highest BCUT2D eigenvalue weighted by molar-refractivity contribution is 6.08. The molecule has 3 heteroatoms. The first-order chi connectivity index (χ1) is 12.4. The molecule has 22 heavy (non-hydrogen) atoms. The molecular weight excluding hydrogens is 272 g/mol. The van der Waals surface area contributed by atoms with Crippen LogP contribution in [-0.2, 0) is 0 Å². The van der Waals surface area contributed by atoms with Gasteiger partial charge in [-0.05, 0) is 56.1 Å². The lowest BCUT2D eigenvalue weighted by Crippen LogP contribution is -1.88. The van der Waals surface area contributed by atoms with Crippen LogP contribution >= 0.6 is 0 Å². The fourth-order valence-corrected chi connectivity index (χ4v) is 2.62. The van der Waals surface area contributed by atoms with Gasteiger partial charge in [-0.15, -0.1) is 0 Å². The molecule has 0 saturated heterocycles. The van der Waals surface area contributed by atoms with Gasteiger partial charge in [0, 0.05) is 33.7 Å². The highest BCUT2D eigenvalue weighted by Gasteiger charge is 2.14. The van der Waals surface area contributed by atoms with Crippen LogP contribution in [0.2, 0.25) is 0 Å². The van der Waals surface area contributed by atoms with Crippen molar-refractivity contribution in [2.45, 2.75) is 20.7 Å². The quantitative estimate of drug-likeness (QED) is 0.497. The van der Waals surface area contributed by atoms with Crippen molar-refractivity contribution in [2.75, 3.05) is 0 Å². The minimum Gasteiger partial charge on any atom is -0.437 e. The van der Waals surface area contributed by atoms with Crippen molar-refractivity contribution in [3.63, 3.8) is 0 Å². The molecule has 0 spiro atoms. The number of para-hydroxylation sites is 1. The molecule has 3 heterocycles. The van der Waals surface area contributed by atoms with Crippen LogP contribution in [0.3, 0.4) is 0 Å². The van der Waals surface area contributed by atoms with E-state index in [-0.39, 0.29) is 12.5 Å². The van der Waals surface area contributed by atoms with Crippen LogP contribution in [0, 0.1) is 20.7 Å². The zero-order chi connectivity index (χ0) is 18.5. The molecule has 3 aromatic heterocycles. The average Bonchev–Trinajstić information content (AvgIpc) is 2.97. The first-order valence-corrected chi connectivity index (χ1v) is 6.96. The van der Waals surface area contributed by atoms with Gasteiger partial charge >= 0.3 is 0 Å². The number of aryl methyl sites for hydroxylation is 3. The average molecular weight is 292 g/mol. The number of pyridine rings is 2. The number of fused-ring (bicyclic) bond motifs is 3. The van der Waals surface area contributed by atoms with Gasteiger partial charge in [-0.3, -0.25) is 4.98 Å². The molecule has 1 aromatic carbocycles. The van der Waals surface area contributed by atoms with E-state index < -0.39 is 6.85 Å². The number of hydrogen-bond donors (Lipinski definition) is 0. The normalized spacial score (nSPS) is 14.6. The molecule has 0 atom stereocenters. The van der Waals surface area contributed by atoms with Gasteiger partial charge in [0.15, 0.2) is 0 Å². The molecule has 0 aliphatic heterocycles. The van der Waals surface area contributed by atoms with Crippen molar-refractivity contribution in [3.05, 3.63) is 59.4 Å². The predicted octanol–water partition coefficient (Wildman–Crippen LogP) is 4.97. The molecule has 0 fully saturated rings. The minimum absolute atomic E-state index is 0.116. The van der Waals surface area contributed by atoms with Gasteiger partial charge in [-0.1, -0.05) is 12.1 Å². The highest BCUT2D eigenvalue weighted by Crippen LogP contribution is 2.34. The van der Waals surface area contributed by atoms with Crippen LogP contribution < -0.4 is 0 Å². The number of aromatic nitrogens is 2. The Balaban J connectivity index is 1.96. The Morgan fingerprint density at radius 2 is 2.05 bits per heavy atom. The van der Waals surface area contributed by atoms with E-state index in [9.17, 15) is 0 Å². The lowest BCUT2D eigenvalue weighted by molar-refractivity contribution is 0.653. The summed E-state index contributed by atoms with van der Waals surface area (Å²) in [5.74, 6) is 0. The van der Waals surface area contributed by atoms with Crippen molar-refractivity contribution < 1.29 is 9.90 Å². The predicted molar refractivity (Wildman–Crippen MR) is 89.0 cm³/mol. The Labute approximate surface area is 134 Å². The Bertz CT molecular complexity index is 1130. The van der Waals surface area contributed by atoms with Gasteiger partial charge in [0.05, 0.1) is 5.69 Å². The maximum Gasteiger partial charge on any atom is 0.227 e. The Kier molecular flexibility index (Phi) is 1.99. The third kappa shape index (κ3) is 1.90. The standard InChI is InChI=1S/C19H16N2O/c1-11-9-17(20-10-12(11)2)16-6-4-5-14-15-8-7-13(3)21-19(15)22-18(14)16/h4-10H,1-3H3/i1D,2D3. The Morgan fingerprint density at radius 3 is 2.91 bits per heavy atom. The summed E-state index contributed by atoms with van der Waals surface area (Å²) in [5, 5.41) is 1.85. The topological polar surface area (TPSA) is 38.9 Å². The molecule has 0 radical (unpaired) electrons. The van der Waals surface area contributed by atoms with Crippen molar-refractivity contribution >= 4 is 22.1 Å². The maximum atomic E-state index is 7.69. The van der Waals surface area contributed by atoms with E-state index in [1.807, 2.05) is 37.3 Å². The van der Waals surface area contributed by atoms with Crippen LogP contribution in [0.1, 0.15) is 22.3 Å². The molecule has 3 nitrogen and oxygen atoms in total. The summed E-state index contributed by atoms with van der Waals surface area (Å²) in [7, 11) is 0. The summed E-state index contributed by atoms with van der Waals surface area (Å²) in [6.07, 6.45) is 1.34. The third-order valence-corrected chi connectivity index (χ3v) is 3.77. The van der Waals surface area contributed by atoms with Crippen LogP contribution in [0.5, 0.6) is 0 Å². The molecule has 0 bridgehead atoms. The molecule has 0 N–H and O–H groups in total. The van der Waals surface area contributed by atoms with E-state index >= 15 is 0 Å². The van der Waals surface area contributed by atoms with Crippen molar-refractivity contribution in [1.29, 1.82) is 0 Å². The molecule has 4 rings (SSSR count). The fourth-order valence-electron chi connectivity index (χ4n) is 2.62. The first-order valence-electron chi connectivity index (χ1n) is 9.17. The van der Waals surface area contributed by atoms with Gasteiger partial charge in [0.2, 0.25) is 5.71 Å². The van der Waals surface area contributed by atoms with Gasteiger partial charge in [-0.25, -0.2) is 4.98 Å². The molecule has 0 aliphatic rings. The van der Waals surface area contributed by atoms with Crippen LogP contribution in [0.25, 0.3) is 33.3 Å². The first kappa shape index (κ1) is 9.36. The lowest BCUT2D eigenvalue weighted by atomic mass is 10.0. The van der Waals surface area contributed by atoms with Gasteiger partial charge in [0.1, 0.15) is 5.58 Å². The summed E-state index contributed by atoms with van der Waals surface area (Å²) >= 11 is 0. The second-order valence-electron chi connectivity index (χ2n) is 5.32. The van der Waals surface area contributed by atoms with E-state index in [2.05, 4.69) is 9.97 Å². The zero-order valence-electron chi connectivity index (χ0n) is 16.1. The molecule has 0 aliphatic carbocycles. The van der Waals surface area contributed by atoms with Crippen LogP contribution in [-0.4, -0.2) is 9.97 Å². The second-order valence-corrected chi connectivity index (χ2v) is 5.32.